The maximum absolute atomic E-state index is 12.7. The van der Waals surface area contributed by atoms with Gasteiger partial charge in [0.15, 0.2) is 0 Å². The number of methoxy groups -OCH3 is 1. The lowest BCUT2D eigenvalue weighted by molar-refractivity contribution is -0.138. The molecule has 116 valence electrons. The Labute approximate surface area is 134 Å². The number of amides is 1. The van der Waals surface area contributed by atoms with Crippen molar-refractivity contribution in [2.75, 3.05) is 26.8 Å². The van der Waals surface area contributed by atoms with Gasteiger partial charge >= 0.3 is 0 Å². The van der Waals surface area contributed by atoms with E-state index in [9.17, 15) is 4.79 Å². The molecule has 1 saturated heterocycles. The third-order valence-electron chi connectivity index (χ3n) is 4.19. The summed E-state index contributed by atoms with van der Waals surface area (Å²) < 4.78 is 6.17. The molecule has 2 rings (SSSR count). The predicted octanol–water partition coefficient (Wildman–Crippen LogP) is 2.51. The molecule has 2 N–H and O–H groups in total. The molecule has 0 bridgehead atoms. The van der Waals surface area contributed by atoms with Crippen molar-refractivity contribution in [1.82, 2.24) is 4.90 Å². The summed E-state index contributed by atoms with van der Waals surface area (Å²) in [5.74, 6) is 0.552. The van der Waals surface area contributed by atoms with E-state index in [2.05, 4.69) is 15.9 Å². The van der Waals surface area contributed by atoms with Gasteiger partial charge in [-0.05, 0) is 43.4 Å². The molecule has 0 saturated carbocycles. The summed E-state index contributed by atoms with van der Waals surface area (Å²) in [5, 5.41) is 0. The van der Waals surface area contributed by atoms with Crippen LogP contribution in [0.25, 0.3) is 0 Å². The van der Waals surface area contributed by atoms with Crippen molar-refractivity contribution in [3.63, 3.8) is 0 Å². The number of carbonyl (C=O) groups is 1. The molecule has 1 aromatic rings. The molecular formula is C16H23BrN2O2. The van der Waals surface area contributed by atoms with Crippen LogP contribution in [0.3, 0.4) is 0 Å². The minimum atomic E-state index is -0.977. The fraction of sp³-hybridized carbons (Fsp3) is 0.562. The van der Waals surface area contributed by atoms with Crippen LogP contribution in [0.2, 0.25) is 0 Å². The Bertz CT molecular complexity index is 480. The van der Waals surface area contributed by atoms with Crippen molar-refractivity contribution in [3.8, 4) is 0 Å². The number of benzene rings is 1. The number of carbonyl (C=O) groups excluding carboxylic acids is 1. The molecule has 1 fully saturated rings. The van der Waals surface area contributed by atoms with Gasteiger partial charge in [0.2, 0.25) is 5.91 Å². The van der Waals surface area contributed by atoms with Gasteiger partial charge in [-0.15, -0.1) is 0 Å². The van der Waals surface area contributed by atoms with Gasteiger partial charge in [-0.2, -0.15) is 0 Å². The third-order valence-corrected chi connectivity index (χ3v) is 4.72. The second kappa shape index (κ2) is 6.90. The molecule has 1 unspecified atom stereocenters. The Hall–Kier alpha value is -0.910. The fourth-order valence-electron chi connectivity index (χ4n) is 2.79. The molecular weight excluding hydrogens is 332 g/mol. The summed E-state index contributed by atoms with van der Waals surface area (Å²) in [5.41, 5.74) is 6.19. The number of nitrogens with zero attached hydrogens (tertiary/aromatic N) is 1. The molecule has 1 heterocycles. The van der Waals surface area contributed by atoms with Gasteiger partial charge in [0, 0.05) is 31.3 Å². The number of piperidine rings is 1. The number of likely N-dealkylation sites (tertiary alicyclic amines) is 1. The molecule has 0 aliphatic carbocycles. The van der Waals surface area contributed by atoms with Gasteiger partial charge in [0.25, 0.3) is 0 Å². The van der Waals surface area contributed by atoms with Crippen LogP contribution in [0.15, 0.2) is 28.7 Å². The lowest BCUT2D eigenvalue weighted by atomic mass is 9.89. The highest BCUT2D eigenvalue weighted by Crippen LogP contribution is 2.25. The molecule has 1 aromatic carbocycles. The van der Waals surface area contributed by atoms with Crippen molar-refractivity contribution >= 4 is 21.8 Å². The number of rotatable bonds is 4. The largest absolute Gasteiger partial charge is 0.384 e. The van der Waals surface area contributed by atoms with Crippen molar-refractivity contribution < 1.29 is 9.53 Å². The monoisotopic (exact) mass is 354 g/mol. The fourth-order valence-corrected chi connectivity index (χ4v) is 3.05. The number of nitrogens with two attached hydrogens (primary N) is 1. The molecule has 4 nitrogen and oxygen atoms in total. The quantitative estimate of drug-likeness (QED) is 0.903. The highest BCUT2D eigenvalue weighted by Gasteiger charge is 2.36. The Morgan fingerprint density at radius 3 is 2.48 bits per heavy atom. The van der Waals surface area contributed by atoms with Crippen LogP contribution in [0.4, 0.5) is 0 Å². The molecule has 1 aliphatic rings. The smallest absolute Gasteiger partial charge is 0.246 e. The second-order valence-corrected chi connectivity index (χ2v) is 6.82. The topological polar surface area (TPSA) is 55.6 Å². The maximum atomic E-state index is 12.7. The van der Waals surface area contributed by atoms with Crippen molar-refractivity contribution in [2.45, 2.75) is 25.3 Å². The Morgan fingerprint density at radius 2 is 1.95 bits per heavy atom. The summed E-state index contributed by atoms with van der Waals surface area (Å²) in [7, 11) is 1.72. The number of ether oxygens (including phenoxy) is 1. The second-order valence-electron chi connectivity index (χ2n) is 5.90. The zero-order valence-corrected chi connectivity index (χ0v) is 14.2. The Kier molecular flexibility index (Phi) is 5.41. The van der Waals surface area contributed by atoms with Crippen LogP contribution in [0.5, 0.6) is 0 Å². The lowest BCUT2D eigenvalue weighted by Gasteiger charge is -2.37. The summed E-state index contributed by atoms with van der Waals surface area (Å²) >= 11 is 3.40. The Balaban J connectivity index is 2.03. The van der Waals surface area contributed by atoms with E-state index in [0.29, 0.717) is 5.92 Å². The average Bonchev–Trinajstić information content (AvgIpc) is 2.48. The van der Waals surface area contributed by atoms with Gasteiger partial charge < -0.3 is 15.4 Å². The van der Waals surface area contributed by atoms with Gasteiger partial charge in [-0.25, -0.2) is 0 Å². The zero-order valence-electron chi connectivity index (χ0n) is 12.6. The molecule has 21 heavy (non-hydrogen) atoms. The Morgan fingerprint density at radius 1 is 1.38 bits per heavy atom. The van der Waals surface area contributed by atoms with Gasteiger partial charge in [0.05, 0.1) is 0 Å². The maximum Gasteiger partial charge on any atom is 0.246 e. The van der Waals surface area contributed by atoms with E-state index in [1.165, 1.54) is 0 Å². The minimum Gasteiger partial charge on any atom is -0.384 e. The number of hydrogen-bond donors (Lipinski definition) is 1. The van der Waals surface area contributed by atoms with Crippen LogP contribution in [0, 0.1) is 5.92 Å². The molecule has 1 atom stereocenters. The molecule has 5 heteroatoms. The highest BCUT2D eigenvalue weighted by molar-refractivity contribution is 9.10. The van der Waals surface area contributed by atoms with Crippen LogP contribution in [0.1, 0.15) is 25.3 Å². The van der Waals surface area contributed by atoms with E-state index in [-0.39, 0.29) is 5.91 Å². The first-order valence-corrected chi connectivity index (χ1v) is 8.07. The summed E-state index contributed by atoms with van der Waals surface area (Å²) in [4.78, 5) is 14.6. The summed E-state index contributed by atoms with van der Waals surface area (Å²) in [6.07, 6.45) is 1.96. The normalized spacial score (nSPS) is 19.3. The van der Waals surface area contributed by atoms with Crippen LogP contribution in [-0.2, 0) is 15.1 Å². The van der Waals surface area contributed by atoms with Crippen molar-refractivity contribution in [2.24, 2.45) is 11.7 Å². The minimum absolute atomic E-state index is 0.000638. The molecule has 0 spiro atoms. The van der Waals surface area contributed by atoms with E-state index < -0.39 is 5.54 Å². The van der Waals surface area contributed by atoms with E-state index in [4.69, 9.17) is 10.5 Å². The molecule has 0 aromatic heterocycles. The van der Waals surface area contributed by atoms with Crippen LogP contribution < -0.4 is 5.73 Å². The molecule has 0 radical (unpaired) electrons. The number of halogens is 1. The van der Waals surface area contributed by atoms with Crippen LogP contribution in [-0.4, -0.2) is 37.6 Å². The first-order valence-electron chi connectivity index (χ1n) is 7.28. The molecule has 1 amide bonds. The van der Waals surface area contributed by atoms with Gasteiger partial charge in [-0.3, -0.25) is 4.79 Å². The van der Waals surface area contributed by atoms with E-state index in [0.717, 1.165) is 42.6 Å². The average molecular weight is 355 g/mol. The molecule has 1 aliphatic heterocycles. The van der Waals surface area contributed by atoms with Gasteiger partial charge in [0.1, 0.15) is 5.54 Å². The SMILES string of the molecule is COCC1CCN(C(=O)C(C)(N)c2ccc(Br)cc2)CC1. The highest BCUT2D eigenvalue weighted by atomic mass is 79.9. The predicted molar refractivity (Wildman–Crippen MR) is 86.9 cm³/mol. The lowest BCUT2D eigenvalue weighted by Crippen LogP contribution is -2.53. The first kappa shape index (κ1) is 16.5. The van der Waals surface area contributed by atoms with E-state index >= 15 is 0 Å². The third kappa shape index (κ3) is 3.84. The first-order chi connectivity index (χ1) is 9.95. The summed E-state index contributed by atoms with van der Waals surface area (Å²) in [6, 6.07) is 7.64. The van der Waals surface area contributed by atoms with E-state index in [1.54, 1.807) is 14.0 Å². The van der Waals surface area contributed by atoms with Crippen molar-refractivity contribution in [3.05, 3.63) is 34.3 Å². The zero-order chi connectivity index (χ0) is 15.5. The van der Waals surface area contributed by atoms with Crippen molar-refractivity contribution in [1.29, 1.82) is 0 Å². The van der Waals surface area contributed by atoms with Gasteiger partial charge in [-0.1, -0.05) is 28.1 Å². The van der Waals surface area contributed by atoms with E-state index in [1.807, 2.05) is 29.2 Å². The summed E-state index contributed by atoms with van der Waals surface area (Å²) in [6.45, 7) is 4.08. The number of hydrogen-bond acceptors (Lipinski definition) is 3. The standard InChI is InChI=1S/C16H23BrN2O2/c1-16(18,13-3-5-14(17)6-4-13)15(20)19-9-7-12(8-10-19)11-21-2/h3-6,12H,7-11,18H2,1-2H3. The van der Waals surface area contributed by atoms with Crippen LogP contribution >= 0.6 is 15.9 Å².